The number of amides is 1. The number of carbonyl (C=O) groups is 1. The molecule has 104 valence electrons. The van der Waals surface area contributed by atoms with Gasteiger partial charge >= 0.3 is 0 Å². The number of nitrogens with one attached hydrogen (secondary N) is 1. The molecule has 0 spiro atoms. The van der Waals surface area contributed by atoms with Gasteiger partial charge in [-0.1, -0.05) is 48.9 Å². The molecule has 0 radical (unpaired) electrons. The highest BCUT2D eigenvalue weighted by Crippen LogP contribution is 2.35. The van der Waals surface area contributed by atoms with Crippen molar-refractivity contribution < 1.29 is 9.90 Å². The van der Waals surface area contributed by atoms with Crippen molar-refractivity contribution >= 4 is 34.8 Å². The molecule has 1 aromatic rings. The van der Waals surface area contributed by atoms with E-state index in [-0.39, 0.29) is 22.4 Å². The normalized spacial score (nSPS) is 15.7. The first-order valence-electron chi connectivity index (χ1n) is 6.54. The van der Waals surface area contributed by atoms with Gasteiger partial charge in [-0.05, 0) is 24.5 Å². The number of phenols is 1. The van der Waals surface area contributed by atoms with Crippen LogP contribution in [0.5, 0.6) is 5.75 Å². The number of halogens is 2. The van der Waals surface area contributed by atoms with Crippen molar-refractivity contribution in [2.45, 2.75) is 38.5 Å². The quantitative estimate of drug-likeness (QED) is 0.798. The second kappa shape index (κ2) is 6.49. The summed E-state index contributed by atoms with van der Waals surface area (Å²) in [5, 5.41) is 12.9. The molecular weight excluding hydrogens is 285 g/mol. The average Bonchev–Trinajstić information content (AvgIpc) is 2.86. The smallest absolute Gasteiger partial charge is 0.224 e. The maximum atomic E-state index is 11.8. The molecule has 0 unspecified atom stereocenters. The second-order valence-corrected chi connectivity index (χ2v) is 5.86. The molecule has 1 fully saturated rings. The van der Waals surface area contributed by atoms with E-state index < -0.39 is 0 Å². The number of hydrogen-bond acceptors (Lipinski definition) is 2. The van der Waals surface area contributed by atoms with Gasteiger partial charge < -0.3 is 10.4 Å². The van der Waals surface area contributed by atoms with E-state index in [9.17, 15) is 9.90 Å². The fourth-order valence-electron chi connectivity index (χ4n) is 2.51. The summed E-state index contributed by atoms with van der Waals surface area (Å²) < 4.78 is 0. The van der Waals surface area contributed by atoms with E-state index in [2.05, 4.69) is 5.32 Å². The van der Waals surface area contributed by atoms with Gasteiger partial charge in [0.05, 0.1) is 10.7 Å². The Labute approximate surface area is 122 Å². The van der Waals surface area contributed by atoms with Crippen molar-refractivity contribution in [1.82, 2.24) is 0 Å². The third-order valence-electron chi connectivity index (χ3n) is 3.56. The molecule has 1 aromatic carbocycles. The molecule has 1 aliphatic carbocycles. The predicted octanol–water partition coefficient (Wildman–Crippen LogP) is 4.61. The average molecular weight is 302 g/mol. The standard InChI is InChI=1S/C14H17Cl2NO2/c15-10-7-11(16)14(19)12(8-10)17-13(18)6-5-9-3-1-2-4-9/h7-9,19H,1-6H2,(H,17,18). The summed E-state index contributed by atoms with van der Waals surface area (Å²) in [4.78, 5) is 11.8. The zero-order valence-electron chi connectivity index (χ0n) is 10.6. The molecular formula is C14H17Cl2NO2. The Morgan fingerprint density at radius 3 is 2.68 bits per heavy atom. The van der Waals surface area contributed by atoms with Gasteiger partial charge in [0, 0.05) is 11.4 Å². The lowest BCUT2D eigenvalue weighted by Crippen LogP contribution is -2.13. The Balaban J connectivity index is 1.91. The fourth-order valence-corrected chi connectivity index (χ4v) is 3.00. The highest BCUT2D eigenvalue weighted by atomic mass is 35.5. The highest BCUT2D eigenvalue weighted by molar-refractivity contribution is 6.36. The van der Waals surface area contributed by atoms with E-state index in [0.717, 1.165) is 6.42 Å². The molecule has 0 atom stereocenters. The zero-order valence-corrected chi connectivity index (χ0v) is 12.1. The topological polar surface area (TPSA) is 49.3 Å². The lowest BCUT2D eigenvalue weighted by atomic mass is 10.0. The van der Waals surface area contributed by atoms with Crippen LogP contribution in [0, 0.1) is 5.92 Å². The van der Waals surface area contributed by atoms with Gasteiger partial charge in [-0.25, -0.2) is 0 Å². The van der Waals surface area contributed by atoms with Crippen molar-refractivity contribution in [1.29, 1.82) is 0 Å². The summed E-state index contributed by atoms with van der Waals surface area (Å²) in [7, 11) is 0. The maximum Gasteiger partial charge on any atom is 0.224 e. The molecule has 1 aliphatic rings. The molecule has 1 saturated carbocycles. The first-order chi connectivity index (χ1) is 9.06. The third-order valence-corrected chi connectivity index (χ3v) is 4.06. The van der Waals surface area contributed by atoms with E-state index in [1.165, 1.54) is 37.8 Å². The van der Waals surface area contributed by atoms with Crippen molar-refractivity contribution in [2.75, 3.05) is 5.32 Å². The summed E-state index contributed by atoms with van der Waals surface area (Å²) in [5.41, 5.74) is 0.272. The first kappa shape index (κ1) is 14.5. The van der Waals surface area contributed by atoms with Crippen LogP contribution in [-0.4, -0.2) is 11.0 Å². The second-order valence-electron chi connectivity index (χ2n) is 5.02. The van der Waals surface area contributed by atoms with Gasteiger partial charge in [0.15, 0.2) is 5.75 Å². The summed E-state index contributed by atoms with van der Waals surface area (Å²) >= 11 is 11.6. The number of carbonyl (C=O) groups excluding carboxylic acids is 1. The van der Waals surface area contributed by atoms with E-state index in [4.69, 9.17) is 23.2 Å². The Kier molecular flexibility index (Phi) is 4.94. The summed E-state index contributed by atoms with van der Waals surface area (Å²) in [5.74, 6) is 0.420. The highest BCUT2D eigenvalue weighted by Gasteiger charge is 2.17. The van der Waals surface area contributed by atoms with Crippen molar-refractivity contribution in [3.05, 3.63) is 22.2 Å². The third kappa shape index (κ3) is 4.02. The Morgan fingerprint density at radius 2 is 2.00 bits per heavy atom. The van der Waals surface area contributed by atoms with Crippen LogP contribution in [0.15, 0.2) is 12.1 Å². The summed E-state index contributed by atoms with van der Waals surface area (Å²) in [6.07, 6.45) is 6.37. The van der Waals surface area contributed by atoms with E-state index in [1.807, 2.05) is 0 Å². The number of phenolic OH excluding ortho intramolecular Hbond substituents is 1. The van der Waals surface area contributed by atoms with Gasteiger partial charge in [0.1, 0.15) is 0 Å². The Bertz CT molecular complexity index is 471. The van der Waals surface area contributed by atoms with Crippen LogP contribution < -0.4 is 5.32 Å². The minimum atomic E-state index is -0.139. The monoisotopic (exact) mass is 301 g/mol. The van der Waals surface area contributed by atoms with E-state index >= 15 is 0 Å². The van der Waals surface area contributed by atoms with Crippen LogP contribution in [0.3, 0.4) is 0 Å². The van der Waals surface area contributed by atoms with Crippen LogP contribution in [0.4, 0.5) is 5.69 Å². The molecule has 0 aliphatic heterocycles. The van der Waals surface area contributed by atoms with Gasteiger partial charge in [-0.2, -0.15) is 0 Å². The molecule has 0 aromatic heterocycles. The molecule has 0 heterocycles. The van der Waals surface area contributed by atoms with Crippen LogP contribution in [-0.2, 0) is 4.79 Å². The van der Waals surface area contributed by atoms with Crippen LogP contribution in [0.2, 0.25) is 10.0 Å². The molecule has 1 amide bonds. The largest absolute Gasteiger partial charge is 0.504 e. The SMILES string of the molecule is O=C(CCC1CCCC1)Nc1cc(Cl)cc(Cl)c1O. The van der Waals surface area contributed by atoms with Gasteiger partial charge in [-0.3, -0.25) is 4.79 Å². The molecule has 2 rings (SSSR count). The lowest BCUT2D eigenvalue weighted by molar-refractivity contribution is -0.116. The van der Waals surface area contributed by atoms with Crippen molar-refractivity contribution in [3.63, 3.8) is 0 Å². The fraction of sp³-hybridized carbons (Fsp3) is 0.500. The first-order valence-corrected chi connectivity index (χ1v) is 7.29. The zero-order chi connectivity index (χ0) is 13.8. The van der Waals surface area contributed by atoms with E-state index in [1.54, 1.807) is 0 Å². The van der Waals surface area contributed by atoms with E-state index in [0.29, 0.717) is 17.4 Å². The minimum Gasteiger partial charge on any atom is -0.504 e. The number of rotatable bonds is 4. The van der Waals surface area contributed by atoms with Crippen LogP contribution >= 0.6 is 23.2 Å². The van der Waals surface area contributed by atoms with Crippen molar-refractivity contribution in [2.24, 2.45) is 5.92 Å². The number of aromatic hydroxyl groups is 1. The maximum absolute atomic E-state index is 11.8. The van der Waals surface area contributed by atoms with Gasteiger partial charge in [-0.15, -0.1) is 0 Å². The van der Waals surface area contributed by atoms with Gasteiger partial charge in [0.25, 0.3) is 0 Å². The molecule has 2 N–H and O–H groups in total. The van der Waals surface area contributed by atoms with Crippen LogP contribution in [0.25, 0.3) is 0 Å². The Hall–Kier alpha value is -0.930. The minimum absolute atomic E-state index is 0.111. The summed E-state index contributed by atoms with van der Waals surface area (Å²) in [6, 6.07) is 2.93. The molecule has 0 bridgehead atoms. The molecule has 19 heavy (non-hydrogen) atoms. The van der Waals surface area contributed by atoms with Crippen molar-refractivity contribution in [3.8, 4) is 5.75 Å². The summed E-state index contributed by atoms with van der Waals surface area (Å²) in [6.45, 7) is 0. The molecule has 3 nitrogen and oxygen atoms in total. The predicted molar refractivity (Wildman–Crippen MR) is 77.9 cm³/mol. The number of hydrogen-bond donors (Lipinski definition) is 2. The molecule has 0 saturated heterocycles. The van der Waals surface area contributed by atoms with Crippen LogP contribution in [0.1, 0.15) is 38.5 Å². The number of anilines is 1. The lowest BCUT2D eigenvalue weighted by Gasteiger charge is -2.11. The number of benzene rings is 1. The molecule has 5 heteroatoms. The van der Waals surface area contributed by atoms with Gasteiger partial charge in [0.2, 0.25) is 5.91 Å². The Morgan fingerprint density at radius 1 is 1.32 bits per heavy atom.